The van der Waals surface area contributed by atoms with E-state index in [9.17, 15) is 13.2 Å². The summed E-state index contributed by atoms with van der Waals surface area (Å²) in [6.45, 7) is 1.88. The van der Waals surface area contributed by atoms with Crippen molar-refractivity contribution < 1.29 is 13.2 Å². The van der Waals surface area contributed by atoms with Gasteiger partial charge in [0.2, 0.25) is 10.0 Å². The number of hydrogen-bond acceptors (Lipinski definition) is 3. The lowest BCUT2D eigenvalue weighted by molar-refractivity contribution is 0.0719. The Balaban J connectivity index is 2.69. The van der Waals surface area contributed by atoms with Crippen molar-refractivity contribution in [1.82, 2.24) is 4.90 Å². The second-order valence-electron chi connectivity index (χ2n) is 4.30. The van der Waals surface area contributed by atoms with Gasteiger partial charge in [-0.1, -0.05) is 6.07 Å². The Labute approximate surface area is 100 Å². The lowest BCUT2D eigenvalue weighted by Crippen LogP contribution is -2.41. The summed E-state index contributed by atoms with van der Waals surface area (Å²) in [4.78, 5) is 13.7. The third kappa shape index (κ3) is 1.94. The molecule has 1 amide bonds. The van der Waals surface area contributed by atoms with E-state index in [1.165, 1.54) is 6.07 Å². The molecular formula is C11H14N2O3S. The zero-order chi connectivity index (χ0) is 12.8. The first-order valence-electron chi connectivity index (χ1n) is 5.24. The highest BCUT2D eigenvalue weighted by atomic mass is 32.2. The number of sulfonamides is 1. The number of nitrogens with two attached hydrogens (primary N) is 1. The summed E-state index contributed by atoms with van der Waals surface area (Å²) in [6, 6.07) is 4.59. The highest BCUT2D eigenvalue weighted by molar-refractivity contribution is 7.89. The fourth-order valence-corrected chi connectivity index (χ4v) is 2.87. The lowest BCUT2D eigenvalue weighted by Gasteiger charge is -2.32. The van der Waals surface area contributed by atoms with Crippen LogP contribution in [0.25, 0.3) is 0 Å². The van der Waals surface area contributed by atoms with Crippen molar-refractivity contribution in [3.8, 4) is 0 Å². The standard InChI is InChI=1S/C11H14N2O3S/c1-7-6-9-8(11(14)13(7)2)4-3-5-10(9)17(12,15)16/h3-5,7H,6H2,1-2H3,(H2,12,15,16). The van der Waals surface area contributed by atoms with E-state index in [1.807, 2.05) is 6.92 Å². The number of carbonyl (C=O) groups is 1. The van der Waals surface area contributed by atoms with Crippen LogP contribution in [0.1, 0.15) is 22.8 Å². The van der Waals surface area contributed by atoms with Crippen molar-refractivity contribution >= 4 is 15.9 Å². The van der Waals surface area contributed by atoms with Gasteiger partial charge in [-0.25, -0.2) is 13.6 Å². The largest absolute Gasteiger partial charge is 0.339 e. The molecule has 2 rings (SSSR count). The first-order chi connectivity index (χ1) is 7.82. The van der Waals surface area contributed by atoms with Gasteiger partial charge in [0.1, 0.15) is 0 Å². The van der Waals surface area contributed by atoms with Crippen LogP contribution in [0.5, 0.6) is 0 Å². The third-order valence-corrected chi connectivity index (χ3v) is 4.15. The molecule has 6 heteroatoms. The minimum Gasteiger partial charge on any atom is -0.339 e. The van der Waals surface area contributed by atoms with E-state index in [4.69, 9.17) is 5.14 Å². The summed E-state index contributed by atoms with van der Waals surface area (Å²) in [5, 5.41) is 5.15. The Hall–Kier alpha value is -1.40. The predicted octanol–water partition coefficient (Wildman–Crippen LogP) is 0.351. The average Bonchev–Trinajstić information content (AvgIpc) is 2.24. The number of nitrogens with zero attached hydrogens (tertiary/aromatic N) is 1. The van der Waals surface area contributed by atoms with Gasteiger partial charge in [0, 0.05) is 18.7 Å². The Morgan fingerprint density at radius 3 is 2.65 bits per heavy atom. The minimum atomic E-state index is -3.78. The summed E-state index contributed by atoms with van der Waals surface area (Å²) in [7, 11) is -2.07. The van der Waals surface area contributed by atoms with Crippen LogP contribution in [0.15, 0.2) is 23.1 Å². The van der Waals surface area contributed by atoms with Crippen molar-refractivity contribution in [2.45, 2.75) is 24.3 Å². The Kier molecular flexibility index (Phi) is 2.71. The monoisotopic (exact) mass is 254 g/mol. The van der Waals surface area contributed by atoms with Gasteiger partial charge >= 0.3 is 0 Å². The van der Waals surface area contributed by atoms with E-state index >= 15 is 0 Å². The Bertz CT molecular complexity index is 580. The molecule has 0 radical (unpaired) electrons. The van der Waals surface area contributed by atoms with Crippen molar-refractivity contribution in [3.63, 3.8) is 0 Å². The van der Waals surface area contributed by atoms with Gasteiger partial charge in [-0.3, -0.25) is 4.79 Å². The number of primary sulfonamides is 1. The topological polar surface area (TPSA) is 80.5 Å². The average molecular weight is 254 g/mol. The second kappa shape index (κ2) is 3.82. The zero-order valence-corrected chi connectivity index (χ0v) is 10.5. The molecule has 5 nitrogen and oxygen atoms in total. The number of benzene rings is 1. The summed E-state index contributed by atoms with van der Waals surface area (Å²) in [5.41, 5.74) is 0.961. The minimum absolute atomic E-state index is 0.0297. The molecule has 0 fully saturated rings. The molecule has 1 atom stereocenters. The molecule has 0 saturated carbocycles. The number of amides is 1. The molecule has 1 aliphatic heterocycles. The van der Waals surface area contributed by atoms with Crippen LogP contribution in [0.3, 0.4) is 0 Å². The van der Waals surface area contributed by atoms with Crippen LogP contribution in [-0.2, 0) is 16.4 Å². The van der Waals surface area contributed by atoms with Gasteiger partial charge < -0.3 is 4.90 Å². The fraction of sp³-hybridized carbons (Fsp3) is 0.364. The summed E-state index contributed by atoms with van der Waals surface area (Å²) < 4.78 is 22.9. The summed E-state index contributed by atoms with van der Waals surface area (Å²) >= 11 is 0. The molecule has 0 aliphatic carbocycles. The molecule has 1 aromatic rings. The van der Waals surface area contributed by atoms with Crippen molar-refractivity contribution in [2.24, 2.45) is 5.14 Å². The van der Waals surface area contributed by atoms with E-state index in [1.54, 1.807) is 24.1 Å². The van der Waals surface area contributed by atoms with Gasteiger partial charge in [0.25, 0.3) is 5.91 Å². The molecule has 0 bridgehead atoms. The van der Waals surface area contributed by atoms with Crippen molar-refractivity contribution in [2.75, 3.05) is 7.05 Å². The van der Waals surface area contributed by atoms with Crippen LogP contribution in [0, 0.1) is 0 Å². The molecule has 92 valence electrons. The van der Waals surface area contributed by atoms with Crippen molar-refractivity contribution in [3.05, 3.63) is 29.3 Å². The van der Waals surface area contributed by atoms with Crippen LogP contribution in [0.2, 0.25) is 0 Å². The van der Waals surface area contributed by atoms with E-state index in [0.29, 0.717) is 17.5 Å². The third-order valence-electron chi connectivity index (χ3n) is 3.15. The van der Waals surface area contributed by atoms with Crippen LogP contribution in [0.4, 0.5) is 0 Å². The summed E-state index contributed by atoms with van der Waals surface area (Å²) in [6.07, 6.45) is 0.504. The normalized spacial score (nSPS) is 20.3. The lowest BCUT2D eigenvalue weighted by atomic mass is 9.94. The highest BCUT2D eigenvalue weighted by Gasteiger charge is 2.30. The van der Waals surface area contributed by atoms with Gasteiger partial charge in [-0.15, -0.1) is 0 Å². The maximum Gasteiger partial charge on any atom is 0.254 e. The second-order valence-corrected chi connectivity index (χ2v) is 5.83. The molecule has 0 spiro atoms. The van der Waals surface area contributed by atoms with Crippen molar-refractivity contribution in [1.29, 1.82) is 0 Å². The number of hydrogen-bond donors (Lipinski definition) is 1. The number of likely N-dealkylation sites (N-methyl/N-ethyl adjacent to an activating group) is 1. The van der Waals surface area contributed by atoms with E-state index in [2.05, 4.69) is 0 Å². The SMILES string of the molecule is CC1Cc2c(cccc2S(N)(=O)=O)C(=O)N1C. The molecule has 1 aliphatic rings. The summed E-state index contributed by atoms with van der Waals surface area (Å²) in [5.74, 6) is -0.163. The predicted molar refractivity (Wildman–Crippen MR) is 63.1 cm³/mol. The number of rotatable bonds is 1. The number of carbonyl (C=O) groups excluding carboxylic acids is 1. The quantitative estimate of drug-likeness (QED) is 0.785. The molecule has 1 heterocycles. The molecule has 1 aromatic carbocycles. The van der Waals surface area contributed by atoms with E-state index in [-0.39, 0.29) is 16.8 Å². The fourth-order valence-electron chi connectivity index (χ4n) is 2.07. The molecule has 2 N–H and O–H groups in total. The molecular weight excluding hydrogens is 240 g/mol. The number of fused-ring (bicyclic) bond motifs is 1. The first kappa shape index (κ1) is 12.1. The zero-order valence-electron chi connectivity index (χ0n) is 9.67. The van der Waals surface area contributed by atoms with Gasteiger partial charge in [0.05, 0.1) is 4.90 Å². The first-order valence-corrected chi connectivity index (χ1v) is 6.79. The van der Waals surface area contributed by atoms with Crippen LogP contribution < -0.4 is 5.14 Å². The van der Waals surface area contributed by atoms with Gasteiger partial charge in [-0.05, 0) is 31.0 Å². The van der Waals surface area contributed by atoms with E-state index < -0.39 is 10.0 Å². The maximum atomic E-state index is 12.0. The van der Waals surface area contributed by atoms with E-state index in [0.717, 1.165) is 0 Å². The van der Waals surface area contributed by atoms with Gasteiger partial charge in [-0.2, -0.15) is 0 Å². The molecule has 17 heavy (non-hydrogen) atoms. The maximum absolute atomic E-state index is 12.0. The van der Waals surface area contributed by atoms with Crippen LogP contribution in [-0.4, -0.2) is 32.3 Å². The molecule has 1 unspecified atom stereocenters. The Morgan fingerprint density at radius 1 is 1.41 bits per heavy atom. The van der Waals surface area contributed by atoms with Gasteiger partial charge in [0.15, 0.2) is 0 Å². The smallest absolute Gasteiger partial charge is 0.254 e. The Morgan fingerprint density at radius 2 is 2.06 bits per heavy atom. The molecule has 0 saturated heterocycles. The van der Waals surface area contributed by atoms with Crippen LogP contribution >= 0.6 is 0 Å². The molecule has 0 aromatic heterocycles. The highest BCUT2D eigenvalue weighted by Crippen LogP contribution is 2.27.